The van der Waals surface area contributed by atoms with Crippen LogP contribution in [-0.2, 0) is 0 Å². The average molecular weight is 450 g/mol. The Morgan fingerprint density at radius 1 is 0.600 bits per heavy atom. The second-order valence-electron chi connectivity index (χ2n) is 7.24. The van der Waals surface area contributed by atoms with Crippen molar-refractivity contribution in [2.45, 2.75) is 0 Å². The molecule has 2 aromatic heterocycles. The van der Waals surface area contributed by atoms with Crippen molar-refractivity contribution >= 4 is 48.6 Å². The monoisotopic (exact) mass is 449 g/mol. The molecule has 142 valence electrons. The van der Waals surface area contributed by atoms with E-state index in [0.717, 1.165) is 43.6 Å². The summed E-state index contributed by atoms with van der Waals surface area (Å²) in [4.78, 5) is 9.94. The van der Waals surface area contributed by atoms with E-state index < -0.39 is 0 Å². The van der Waals surface area contributed by atoms with E-state index in [-0.39, 0.29) is 0 Å². The van der Waals surface area contributed by atoms with Gasteiger partial charge in [0.05, 0.1) is 16.6 Å². The number of para-hydroxylation sites is 2. The summed E-state index contributed by atoms with van der Waals surface area (Å²) >= 11 is 3.76. The molecule has 0 saturated carbocycles. The Hall–Kier alpha value is -3.50. The molecule has 0 atom stereocenters. The predicted molar refractivity (Wildman–Crippen MR) is 127 cm³/mol. The molecule has 6 rings (SSSR count). The van der Waals surface area contributed by atoms with E-state index in [1.807, 2.05) is 30.3 Å². The molecule has 0 unspecified atom stereocenters. The molecular formula is C26H16BrN3. The Morgan fingerprint density at radius 2 is 1.30 bits per heavy atom. The number of benzene rings is 4. The fourth-order valence-electron chi connectivity index (χ4n) is 4.15. The van der Waals surface area contributed by atoms with Gasteiger partial charge in [0.2, 0.25) is 0 Å². The molecule has 3 nitrogen and oxygen atoms in total. The minimum Gasteiger partial charge on any atom is -0.293 e. The lowest BCUT2D eigenvalue weighted by molar-refractivity contribution is 1.07. The highest BCUT2D eigenvalue weighted by Crippen LogP contribution is 2.37. The molecule has 0 spiro atoms. The van der Waals surface area contributed by atoms with Crippen LogP contribution < -0.4 is 0 Å². The van der Waals surface area contributed by atoms with Crippen molar-refractivity contribution in [1.82, 2.24) is 14.5 Å². The molecule has 4 heteroatoms. The van der Waals surface area contributed by atoms with E-state index in [2.05, 4.69) is 87.2 Å². The van der Waals surface area contributed by atoms with Crippen LogP contribution in [0.15, 0.2) is 102 Å². The molecule has 0 fully saturated rings. The van der Waals surface area contributed by atoms with Gasteiger partial charge in [0, 0.05) is 26.2 Å². The fourth-order valence-corrected chi connectivity index (χ4v) is 4.72. The van der Waals surface area contributed by atoms with Gasteiger partial charge in [-0.05, 0) is 30.3 Å². The Kier molecular flexibility index (Phi) is 3.93. The molecule has 0 saturated heterocycles. The number of fused-ring (bicyclic) bond motifs is 4. The summed E-state index contributed by atoms with van der Waals surface area (Å²) in [5, 5.41) is 3.42. The first-order valence-corrected chi connectivity index (χ1v) is 10.6. The molecule has 6 aromatic rings. The lowest BCUT2D eigenvalue weighted by Gasteiger charge is -2.12. The minimum atomic E-state index is 0.727. The first kappa shape index (κ1) is 17.4. The van der Waals surface area contributed by atoms with Crippen LogP contribution >= 0.6 is 15.9 Å². The van der Waals surface area contributed by atoms with E-state index in [1.54, 1.807) is 0 Å². The van der Waals surface area contributed by atoms with Crippen LogP contribution in [0, 0.1) is 0 Å². The van der Waals surface area contributed by atoms with Gasteiger partial charge >= 0.3 is 0 Å². The maximum atomic E-state index is 5.08. The summed E-state index contributed by atoms with van der Waals surface area (Å²) in [7, 11) is 0. The van der Waals surface area contributed by atoms with Crippen LogP contribution in [0.2, 0.25) is 0 Å². The van der Waals surface area contributed by atoms with Gasteiger partial charge in [-0.15, -0.1) is 0 Å². The summed E-state index contributed by atoms with van der Waals surface area (Å²) in [5.41, 5.74) is 4.18. The lowest BCUT2D eigenvalue weighted by Crippen LogP contribution is -2.02. The van der Waals surface area contributed by atoms with E-state index in [1.165, 1.54) is 10.8 Å². The van der Waals surface area contributed by atoms with Crippen molar-refractivity contribution < 1.29 is 0 Å². The highest BCUT2D eigenvalue weighted by Gasteiger charge is 2.18. The SMILES string of the molecule is Brc1cccc2c1c1ccccc1n2-c1nc(-c2ccccc2)nc2ccccc12. The van der Waals surface area contributed by atoms with E-state index in [4.69, 9.17) is 9.97 Å². The van der Waals surface area contributed by atoms with E-state index >= 15 is 0 Å². The number of hydrogen-bond acceptors (Lipinski definition) is 2. The minimum absolute atomic E-state index is 0.727. The zero-order chi connectivity index (χ0) is 20.1. The van der Waals surface area contributed by atoms with Gasteiger partial charge in [-0.2, -0.15) is 0 Å². The van der Waals surface area contributed by atoms with E-state index in [9.17, 15) is 0 Å². The summed E-state index contributed by atoms with van der Waals surface area (Å²) in [6.45, 7) is 0. The van der Waals surface area contributed by atoms with Crippen LogP contribution in [0.4, 0.5) is 0 Å². The molecule has 4 aromatic carbocycles. The van der Waals surface area contributed by atoms with Gasteiger partial charge in [0.1, 0.15) is 5.82 Å². The van der Waals surface area contributed by atoms with Crippen LogP contribution in [0.5, 0.6) is 0 Å². The number of nitrogens with zero attached hydrogens (tertiary/aromatic N) is 3. The molecule has 0 aliphatic carbocycles. The highest BCUT2D eigenvalue weighted by atomic mass is 79.9. The zero-order valence-corrected chi connectivity index (χ0v) is 17.5. The largest absolute Gasteiger partial charge is 0.293 e. The van der Waals surface area contributed by atoms with Crippen molar-refractivity contribution in [3.8, 4) is 17.2 Å². The molecule has 0 N–H and O–H groups in total. The molecule has 0 amide bonds. The first-order valence-electron chi connectivity index (χ1n) is 9.81. The molecule has 30 heavy (non-hydrogen) atoms. The molecule has 0 radical (unpaired) electrons. The fraction of sp³-hybridized carbons (Fsp3) is 0. The third-order valence-corrected chi connectivity index (χ3v) is 6.13. The molecule has 2 heterocycles. The van der Waals surface area contributed by atoms with Gasteiger partial charge in [-0.1, -0.05) is 82.7 Å². The number of rotatable bonds is 2. The third kappa shape index (κ3) is 2.57. The Bertz CT molecular complexity index is 1550. The molecule has 0 aliphatic rings. The van der Waals surface area contributed by atoms with Crippen molar-refractivity contribution in [3.05, 3.63) is 102 Å². The number of halogens is 1. The van der Waals surface area contributed by atoms with Gasteiger partial charge < -0.3 is 0 Å². The molecule has 0 bridgehead atoms. The summed E-state index contributed by atoms with van der Waals surface area (Å²) < 4.78 is 3.34. The van der Waals surface area contributed by atoms with Crippen molar-refractivity contribution in [1.29, 1.82) is 0 Å². The first-order chi connectivity index (χ1) is 14.8. The van der Waals surface area contributed by atoms with Crippen LogP contribution in [0.25, 0.3) is 49.9 Å². The quantitative estimate of drug-likeness (QED) is 0.280. The van der Waals surface area contributed by atoms with E-state index in [0.29, 0.717) is 0 Å². The normalized spacial score (nSPS) is 11.5. The van der Waals surface area contributed by atoms with Crippen molar-refractivity contribution in [2.24, 2.45) is 0 Å². The van der Waals surface area contributed by atoms with Crippen LogP contribution in [-0.4, -0.2) is 14.5 Å². The number of hydrogen-bond donors (Lipinski definition) is 0. The van der Waals surface area contributed by atoms with Gasteiger partial charge in [0.15, 0.2) is 5.82 Å². The van der Waals surface area contributed by atoms with Crippen molar-refractivity contribution in [2.75, 3.05) is 0 Å². The number of aromatic nitrogens is 3. The zero-order valence-electron chi connectivity index (χ0n) is 16.0. The van der Waals surface area contributed by atoms with Crippen LogP contribution in [0.3, 0.4) is 0 Å². The second kappa shape index (κ2) is 6.78. The van der Waals surface area contributed by atoms with Gasteiger partial charge in [-0.3, -0.25) is 4.57 Å². The predicted octanol–water partition coefficient (Wildman–Crippen LogP) is 7.16. The maximum absolute atomic E-state index is 5.08. The Balaban J connectivity index is 1.80. The highest BCUT2D eigenvalue weighted by molar-refractivity contribution is 9.10. The van der Waals surface area contributed by atoms with Crippen LogP contribution in [0.1, 0.15) is 0 Å². The summed E-state index contributed by atoms with van der Waals surface area (Å²) in [6.07, 6.45) is 0. The Labute approximate surface area is 181 Å². The summed E-state index contributed by atoms with van der Waals surface area (Å²) in [6, 6.07) is 33.2. The second-order valence-corrected chi connectivity index (χ2v) is 8.09. The van der Waals surface area contributed by atoms with Gasteiger partial charge in [0.25, 0.3) is 0 Å². The third-order valence-electron chi connectivity index (χ3n) is 5.47. The topological polar surface area (TPSA) is 30.7 Å². The lowest BCUT2D eigenvalue weighted by atomic mass is 10.2. The maximum Gasteiger partial charge on any atom is 0.162 e. The smallest absolute Gasteiger partial charge is 0.162 e. The standard InChI is InChI=1S/C26H16BrN3/c27-20-13-8-16-23-24(20)19-12-5-7-15-22(19)30(23)26-18-11-4-6-14-21(18)28-25(29-26)17-9-2-1-3-10-17/h1-16H. The molecule has 0 aliphatic heterocycles. The Morgan fingerprint density at radius 3 is 2.17 bits per heavy atom. The summed E-state index contributed by atoms with van der Waals surface area (Å²) in [5.74, 6) is 1.62. The van der Waals surface area contributed by atoms with Crippen molar-refractivity contribution in [3.63, 3.8) is 0 Å². The molecular weight excluding hydrogens is 434 g/mol. The van der Waals surface area contributed by atoms with Gasteiger partial charge in [-0.25, -0.2) is 9.97 Å². The average Bonchev–Trinajstić information content (AvgIpc) is 3.14.